The smallest absolute Gasteiger partial charge is 0.191 e. The van der Waals surface area contributed by atoms with Crippen LogP contribution in [0.2, 0.25) is 0 Å². The van der Waals surface area contributed by atoms with E-state index in [2.05, 4.69) is 32.9 Å². The number of hydrogen-bond donors (Lipinski definition) is 2. The minimum Gasteiger partial charge on any atom is -0.357 e. The van der Waals surface area contributed by atoms with Gasteiger partial charge in [-0.1, -0.05) is 19.3 Å². The van der Waals surface area contributed by atoms with Gasteiger partial charge in [-0.3, -0.25) is 0 Å². The number of rotatable bonds is 5. The average Bonchev–Trinajstić information content (AvgIpc) is 2.95. The van der Waals surface area contributed by atoms with Gasteiger partial charge < -0.3 is 15.5 Å². The van der Waals surface area contributed by atoms with Crippen LogP contribution in [-0.2, 0) is 6.54 Å². The summed E-state index contributed by atoms with van der Waals surface area (Å²) in [5, 5.41) is 10.0. The Bertz CT molecular complexity index is 455. The van der Waals surface area contributed by atoms with Crippen molar-refractivity contribution in [2.75, 3.05) is 25.5 Å². The number of aromatic nitrogens is 1. The topological polar surface area (TPSA) is 52.6 Å². The van der Waals surface area contributed by atoms with E-state index in [1.54, 1.807) is 11.3 Å². The molecule has 7 heteroatoms. The van der Waals surface area contributed by atoms with Crippen molar-refractivity contribution in [2.24, 2.45) is 4.99 Å². The van der Waals surface area contributed by atoms with Gasteiger partial charge in [0.25, 0.3) is 0 Å². The fourth-order valence-electron chi connectivity index (χ4n) is 2.49. The molecule has 0 spiro atoms. The lowest BCUT2D eigenvalue weighted by Gasteiger charge is -2.24. The van der Waals surface area contributed by atoms with Gasteiger partial charge in [-0.05, 0) is 19.8 Å². The highest BCUT2D eigenvalue weighted by atomic mass is 127. The summed E-state index contributed by atoms with van der Waals surface area (Å²) in [7, 11) is 4.03. The second kappa shape index (κ2) is 10.3. The maximum absolute atomic E-state index is 4.67. The molecular formula is C15H28IN5S. The van der Waals surface area contributed by atoms with Crippen LogP contribution in [0, 0.1) is 0 Å². The van der Waals surface area contributed by atoms with E-state index in [0.29, 0.717) is 12.6 Å². The summed E-state index contributed by atoms with van der Waals surface area (Å²) in [5.41, 5.74) is 1.03. The molecule has 1 aromatic rings. The zero-order valence-electron chi connectivity index (χ0n) is 13.8. The summed E-state index contributed by atoms with van der Waals surface area (Å²) in [4.78, 5) is 11.3. The van der Waals surface area contributed by atoms with E-state index in [1.807, 2.05) is 19.0 Å². The molecule has 0 aliphatic heterocycles. The number of halogens is 1. The largest absolute Gasteiger partial charge is 0.357 e. The summed E-state index contributed by atoms with van der Waals surface area (Å²) in [6.07, 6.45) is 6.54. The second-order valence-corrected chi connectivity index (χ2v) is 6.53. The van der Waals surface area contributed by atoms with Crippen molar-refractivity contribution in [3.05, 3.63) is 11.1 Å². The first-order valence-corrected chi connectivity index (χ1v) is 8.73. The third-order valence-electron chi connectivity index (χ3n) is 3.61. The second-order valence-electron chi connectivity index (χ2n) is 5.69. The molecule has 0 atom stereocenters. The molecule has 5 nitrogen and oxygen atoms in total. The van der Waals surface area contributed by atoms with Crippen LogP contribution in [-0.4, -0.2) is 37.6 Å². The van der Waals surface area contributed by atoms with E-state index in [1.165, 1.54) is 32.1 Å². The molecule has 0 saturated heterocycles. The molecule has 126 valence electrons. The Morgan fingerprint density at radius 3 is 2.68 bits per heavy atom. The first kappa shape index (κ1) is 19.5. The average molecular weight is 437 g/mol. The Balaban J connectivity index is 0.00000242. The maximum Gasteiger partial charge on any atom is 0.191 e. The quantitative estimate of drug-likeness (QED) is 0.422. The van der Waals surface area contributed by atoms with E-state index < -0.39 is 0 Å². The summed E-state index contributed by atoms with van der Waals surface area (Å²) in [6, 6.07) is 0.573. The molecule has 22 heavy (non-hydrogen) atoms. The van der Waals surface area contributed by atoms with Crippen molar-refractivity contribution >= 4 is 46.4 Å². The standard InChI is InChI=1S/C15H27N5S.HI/c1-4-16-14(18-12-8-6-5-7-9-12)17-10-13-11-21-15(19-13)20(2)3;/h11-12H,4-10H2,1-3H3,(H2,16,17,18);1H. The van der Waals surface area contributed by atoms with Crippen LogP contribution in [0.3, 0.4) is 0 Å². The van der Waals surface area contributed by atoms with E-state index in [-0.39, 0.29) is 24.0 Å². The zero-order chi connectivity index (χ0) is 15.1. The fourth-order valence-corrected chi connectivity index (χ4v) is 3.24. The van der Waals surface area contributed by atoms with Gasteiger partial charge in [-0.2, -0.15) is 0 Å². The molecule has 1 aliphatic carbocycles. The summed E-state index contributed by atoms with van der Waals surface area (Å²) in [6.45, 7) is 3.62. The minimum atomic E-state index is 0. The fraction of sp³-hybridized carbons (Fsp3) is 0.733. The van der Waals surface area contributed by atoms with E-state index >= 15 is 0 Å². The molecule has 1 saturated carbocycles. The molecule has 1 aliphatic rings. The zero-order valence-corrected chi connectivity index (χ0v) is 16.9. The molecular weight excluding hydrogens is 409 g/mol. The monoisotopic (exact) mass is 437 g/mol. The Morgan fingerprint density at radius 1 is 1.36 bits per heavy atom. The number of nitrogens with zero attached hydrogens (tertiary/aromatic N) is 3. The van der Waals surface area contributed by atoms with Gasteiger partial charge in [0.2, 0.25) is 0 Å². The molecule has 1 heterocycles. The third-order valence-corrected chi connectivity index (χ3v) is 4.67. The van der Waals surface area contributed by atoms with Crippen LogP contribution < -0.4 is 15.5 Å². The lowest BCUT2D eigenvalue weighted by Crippen LogP contribution is -2.44. The van der Waals surface area contributed by atoms with Gasteiger partial charge in [0.1, 0.15) is 0 Å². The highest BCUT2D eigenvalue weighted by Gasteiger charge is 2.14. The molecule has 0 aromatic carbocycles. The molecule has 0 unspecified atom stereocenters. The number of hydrogen-bond acceptors (Lipinski definition) is 4. The van der Waals surface area contributed by atoms with Crippen molar-refractivity contribution < 1.29 is 0 Å². The first-order valence-electron chi connectivity index (χ1n) is 7.85. The first-order chi connectivity index (χ1) is 10.2. The van der Waals surface area contributed by atoms with Crippen LogP contribution in [0.15, 0.2) is 10.4 Å². The molecule has 1 fully saturated rings. The van der Waals surface area contributed by atoms with E-state index in [4.69, 9.17) is 0 Å². The van der Waals surface area contributed by atoms with Crippen molar-refractivity contribution in [1.29, 1.82) is 0 Å². The van der Waals surface area contributed by atoms with E-state index in [0.717, 1.165) is 23.3 Å². The predicted molar refractivity (Wildman–Crippen MR) is 107 cm³/mol. The molecule has 0 radical (unpaired) electrons. The van der Waals surface area contributed by atoms with Gasteiger partial charge in [0.05, 0.1) is 12.2 Å². The Labute approximate surface area is 155 Å². The number of aliphatic imine (C=N–C) groups is 1. The lowest BCUT2D eigenvalue weighted by atomic mass is 9.96. The SMILES string of the molecule is CCNC(=NCc1csc(N(C)C)n1)NC1CCCCC1.I. The molecule has 2 N–H and O–H groups in total. The highest BCUT2D eigenvalue weighted by molar-refractivity contribution is 14.0. The number of guanidine groups is 1. The van der Waals surface area contributed by atoms with E-state index in [9.17, 15) is 0 Å². The van der Waals surface area contributed by atoms with Gasteiger partial charge in [-0.25, -0.2) is 9.98 Å². The minimum absolute atomic E-state index is 0. The number of thiazole rings is 1. The third kappa shape index (κ3) is 6.28. The van der Waals surface area contributed by atoms with Crippen LogP contribution >= 0.6 is 35.3 Å². The normalized spacial score (nSPS) is 16.0. The van der Waals surface area contributed by atoms with Gasteiger partial charge in [0, 0.05) is 32.1 Å². The molecule has 2 rings (SSSR count). The van der Waals surface area contributed by atoms with Gasteiger partial charge in [0.15, 0.2) is 11.1 Å². The van der Waals surface area contributed by atoms with Crippen molar-refractivity contribution in [3.63, 3.8) is 0 Å². The van der Waals surface area contributed by atoms with Crippen LogP contribution in [0.4, 0.5) is 5.13 Å². The van der Waals surface area contributed by atoms with Crippen molar-refractivity contribution in [2.45, 2.75) is 51.6 Å². The Morgan fingerprint density at radius 2 is 2.09 bits per heavy atom. The Hall–Kier alpha value is -0.570. The van der Waals surface area contributed by atoms with Gasteiger partial charge in [-0.15, -0.1) is 35.3 Å². The maximum atomic E-state index is 4.67. The summed E-state index contributed by atoms with van der Waals surface area (Å²) < 4.78 is 0. The van der Waals surface area contributed by atoms with Gasteiger partial charge >= 0.3 is 0 Å². The summed E-state index contributed by atoms with van der Waals surface area (Å²) in [5.74, 6) is 0.920. The molecule has 0 bridgehead atoms. The predicted octanol–water partition coefficient (Wildman–Crippen LogP) is 3.21. The van der Waals surface area contributed by atoms with Crippen molar-refractivity contribution in [1.82, 2.24) is 15.6 Å². The lowest BCUT2D eigenvalue weighted by molar-refractivity contribution is 0.410. The van der Waals surface area contributed by atoms with Crippen molar-refractivity contribution in [3.8, 4) is 0 Å². The number of nitrogens with one attached hydrogen (secondary N) is 2. The van der Waals surface area contributed by atoms with Crippen LogP contribution in [0.25, 0.3) is 0 Å². The van der Waals surface area contributed by atoms with Crippen LogP contribution in [0.5, 0.6) is 0 Å². The van der Waals surface area contributed by atoms with Crippen LogP contribution in [0.1, 0.15) is 44.7 Å². The molecule has 1 aromatic heterocycles. The summed E-state index contributed by atoms with van der Waals surface area (Å²) >= 11 is 1.66. The highest BCUT2D eigenvalue weighted by Crippen LogP contribution is 2.19. The Kier molecular flexibility index (Phi) is 9.08. The number of anilines is 1. The molecule has 0 amide bonds.